The molecule has 3 N–H and O–H groups in total. The lowest BCUT2D eigenvalue weighted by molar-refractivity contribution is -0.122. The highest BCUT2D eigenvalue weighted by Gasteiger charge is 2.19. The minimum absolute atomic E-state index is 0.0933. The summed E-state index contributed by atoms with van der Waals surface area (Å²) >= 11 is 0. The van der Waals surface area contributed by atoms with E-state index in [4.69, 9.17) is 15.3 Å². The fraction of sp³-hybridized carbons (Fsp3) is 0.500. The van der Waals surface area contributed by atoms with Crippen LogP contribution in [0.1, 0.15) is 5.56 Å². The molecule has 0 bridgehead atoms. The molecule has 1 rings (SSSR count). The van der Waals surface area contributed by atoms with Crippen LogP contribution in [-0.4, -0.2) is 31.5 Å². The van der Waals surface area contributed by atoms with Gasteiger partial charge in [-0.15, -0.1) is 0 Å². The molecule has 0 fully saturated rings. The Bertz CT molecular complexity index is 265. The van der Waals surface area contributed by atoms with E-state index in [1.165, 1.54) is 0 Å². The van der Waals surface area contributed by atoms with Gasteiger partial charge in [0.15, 0.2) is 6.29 Å². The van der Waals surface area contributed by atoms with Gasteiger partial charge in [-0.05, 0) is 18.1 Å². The molecule has 0 aliphatic heterocycles. The largest absolute Gasteiger partial charge is 0.354 e. The van der Waals surface area contributed by atoms with E-state index in [0.717, 1.165) is 5.56 Å². The molecule has 1 aromatic rings. The molecule has 1 unspecified atom stereocenters. The third-order valence-electron chi connectivity index (χ3n) is 2.19. The SMILES string of the molecule is COC(OC)C(Cc1cccnc1)NN. The standard InChI is InChI=1S/C10H17N3O2/c1-14-10(15-2)9(13-11)6-8-4-3-5-12-7-8/h3-5,7,9-10,13H,6,11H2,1-2H3. The number of hydrogen-bond acceptors (Lipinski definition) is 5. The lowest BCUT2D eigenvalue weighted by atomic mass is 10.1. The van der Waals surface area contributed by atoms with Crippen LogP contribution in [0.3, 0.4) is 0 Å². The first-order chi connectivity index (χ1) is 7.31. The van der Waals surface area contributed by atoms with Crippen LogP contribution in [0.4, 0.5) is 0 Å². The van der Waals surface area contributed by atoms with Crippen LogP contribution in [0, 0.1) is 0 Å². The van der Waals surface area contributed by atoms with Gasteiger partial charge >= 0.3 is 0 Å². The Balaban J connectivity index is 2.61. The van der Waals surface area contributed by atoms with E-state index in [1.54, 1.807) is 26.6 Å². The molecule has 1 heterocycles. The molecule has 1 atom stereocenters. The predicted molar refractivity (Wildman–Crippen MR) is 56.9 cm³/mol. The molecule has 0 radical (unpaired) electrons. The summed E-state index contributed by atoms with van der Waals surface area (Å²) in [4.78, 5) is 4.03. The van der Waals surface area contributed by atoms with Crippen LogP contribution in [0.25, 0.3) is 0 Å². The maximum Gasteiger partial charge on any atom is 0.173 e. The van der Waals surface area contributed by atoms with Crippen LogP contribution < -0.4 is 11.3 Å². The summed E-state index contributed by atoms with van der Waals surface area (Å²) < 4.78 is 10.3. The first-order valence-electron chi connectivity index (χ1n) is 4.72. The zero-order valence-electron chi connectivity index (χ0n) is 9.01. The molecule has 0 saturated carbocycles. The van der Waals surface area contributed by atoms with Crippen LogP contribution in [0.15, 0.2) is 24.5 Å². The zero-order chi connectivity index (χ0) is 11.1. The molecule has 0 aliphatic rings. The fourth-order valence-electron chi connectivity index (χ4n) is 1.43. The number of aromatic nitrogens is 1. The number of nitrogens with one attached hydrogen (secondary N) is 1. The smallest absolute Gasteiger partial charge is 0.173 e. The predicted octanol–water partition coefficient (Wildman–Crippen LogP) is 0.0749. The van der Waals surface area contributed by atoms with Crippen LogP contribution in [-0.2, 0) is 15.9 Å². The van der Waals surface area contributed by atoms with Crippen molar-refractivity contribution >= 4 is 0 Å². The van der Waals surface area contributed by atoms with Gasteiger partial charge in [0.25, 0.3) is 0 Å². The molecule has 5 nitrogen and oxygen atoms in total. The van der Waals surface area contributed by atoms with E-state index in [2.05, 4.69) is 10.4 Å². The second kappa shape index (κ2) is 6.47. The number of ether oxygens (including phenoxy) is 2. The van der Waals surface area contributed by atoms with E-state index in [9.17, 15) is 0 Å². The first kappa shape index (κ1) is 12.1. The number of pyridine rings is 1. The number of rotatable bonds is 6. The summed E-state index contributed by atoms with van der Waals surface area (Å²) in [6.45, 7) is 0. The molecule has 0 saturated heterocycles. The monoisotopic (exact) mass is 211 g/mol. The molecule has 0 aromatic carbocycles. The summed E-state index contributed by atoms with van der Waals surface area (Å²) in [6.07, 6.45) is 3.87. The lowest BCUT2D eigenvalue weighted by Gasteiger charge is -2.23. The van der Waals surface area contributed by atoms with E-state index < -0.39 is 0 Å². The maximum absolute atomic E-state index is 5.44. The highest BCUT2D eigenvalue weighted by atomic mass is 16.7. The quantitative estimate of drug-likeness (QED) is 0.396. The summed E-state index contributed by atoms with van der Waals surface area (Å²) in [5.74, 6) is 5.44. The molecule has 0 spiro atoms. The maximum atomic E-state index is 5.44. The summed E-state index contributed by atoms with van der Waals surface area (Å²) in [5.41, 5.74) is 3.76. The Kier molecular flexibility index (Phi) is 5.20. The van der Waals surface area contributed by atoms with Crippen molar-refractivity contribution in [3.63, 3.8) is 0 Å². The lowest BCUT2D eigenvalue weighted by Crippen LogP contribution is -2.47. The van der Waals surface area contributed by atoms with Crippen LogP contribution in [0.2, 0.25) is 0 Å². The van der Waals surface area contributed by atoms with Crippen LogP contribution >= 0.6 is 0 Å². The van der Waals surface area contributed by atoms with E-state index in [-0.39, 0.29) is 12.3 Å². The van der Waals surface area contributed by atoms with Crippen LogP contribution in [0.5, 0.6) is 0 Å². The van der Waals surface area contributed by atoms with Gasteiger partial charge in [0.2, 0.25) is 0 Å². The van der Waals surface area contributed by atoms with Gasteiger partial charge in [-0.2, -0.15) is 0 Å². The molecule has 15 heavy (non-hydrogen) atoms. The fourth-order valence-corrected chi connectivity index (χ4v) is 1.43. The topological polar surface area (TPSA) is 69.4 Å². The Morgan fingerprint density at radius 2 is 2.20 bits per heavy atom. The first-order valence-corrected chi connectivity index (χ1v) is 4.72. The summed E-state index contributed by atoms with van der Waals surface area (Å²) in [7, 11) is 3.17. The third-order valence-corrected chi connectivity index (χ3v) is 2.19. The molecule has 1 aromatic heterocycles. The number of nitrogens with zero attached hydrogens (tertiary/aromatic N) is 1. The Labute approximate surface area is 89.6 Å². The van der Waals surface area contributed by atoms with Crippen molar-refractivity contribution in [3.05, 3.63) is 30.1 Å². The molecular formula is C10H17N3O2. The normalized spacial score (nSPS) is 13.1. The van der Waals surface area contributed by atoms with Gasteiger partial charge < -0.3 is 9.47 Å². The van der Waals surface area contributed by atoms with Crippen molar-refractivity contribution in [2.24, 2.45) is 5.84 Å². The van der Waals surface area contributed by atoms with E-state index >= 15 is 0 Å². The summed E-state index contributed by atoms with van der Waals surface area (Å²) in [6, 6.07) is 3.78. The number of hydrogen-bond donors (Lipinski definition) is 2. The average molecular weight is 211 g/mol. The van der Waals surface area contributed by atoms with Crippen molar-refractivity contribution in [1.82, 2.24) is 10.4 Å². The van der Waals surface area contributed by atoms with Gasteiger partial charge in [0, 0.05) is 26.6 Å². The second-order valence-electron chi connectivity index (χ2n) is 3.18. The third kappa shape index (κ3) is 3.56. The molecule has 5 heteroatoms. The Morgan fingerprint density at radius 1 is 1.47 bits per heavy atom. The van der Waals surface area contributed by atoms with E-state index in [1.807, 2.05) is 12.1 Å². The number of hydrazine groups is 1. The second-order valence-corrected chi connectivity index (χ2v) is 3.18. The van der Waals surface area contributed by atoms with Gasteiger partial charge in [0.05, 0.1) is 6.04 Å². The van der Waals surface area contributed by atoms with Crippen molar-refractivity contribution < 1.29 is 9.47 Å². The molecular weight excluding hydrogens is 194 g/mol. The minimum atomic E-state index is -0.366. The number of methoxy groups -OCH3 is 2. The van der Waals surface area contributed by atoms with Gasteiger partial charge in [-0.3, -0.25) is 16.3 Å². The van der Waals surface area contributed by atoms with E-state index in [0.29, 0.717) is 6.42 Å². The highest BCUT2D eigenvalue weighted by molar-refractivity contribution is 5.10. The highest BCUT2D eigenvalue weighted by Crippen LogP contribution is 2.06. The van der Waals surface area contributed by atoms with Crippen molar-refractivity contribution in [2.45, 2.75) is 18.8 Å². The van der Waals surface area contributed by atoms with Crippen molar-refractivity contribution in [1.29, 1.82) is 0 Å². The Hall–Kier alpha value is -1.01. The van der Waals surface area contributed by atoms with Gasteiger partial charge in [-0.25, -0.2) is 0 Å². The van der Waals surface area contributed by atoms with Gasteiger partial charge in [0.1, 0.15) is 0 Å². The molecule has 0 aliphatic carbocycles. The molecule has 84 valence electrons. The zero-order valence-corrected chi connectivity index (χ0v) is 9.01. The summed E-state index contributed by atoms with van der Waals surface area (Å²) in [5, 5.41) is 0. The van der Waals surface area contributed by atoms with Crippen molar-refractivity contribution in [3.8, 4) is 0 Å². The number of nitrogens with two attached hydrogens (primary N) is 1. The Morgan fingerprint density at radius 3 is 2.67 bits per heavy atom. The van der Waals surface area contributed by atoms with Crippen molar-refractivity contribution in [2.75, 3.05) is 14.2 Å². The average Bonchev–Trinajstić information content (AvgIpc) is 2.30. The minimum Gasteiger partial charge on any atom is -0.354 e. The van der Waals surface area contributed by atoms with Gasteiger partial charge in [-0.1, -0.05) is 6.07 Å². The molecule has 0 amide bonds.